The number of hydrogen-bond donors (Lipinski definition) is 0. The van der Waals surface area contributed by atoms with Crippen LogP contribution < -0.4 is 4.74 Å². The Morgan fingerprint density at radius 3 is 1.97 bits per heavy atom. The van der Waals surface area contributed by atoms with Crippen LogP contribution in [0.5, 0.6) is 5.75 Å². The molecule has 0 aliphatic rings. The van der Waals surface area contributed by atoms with Crippen molar-refractivity contribution in [3.63, 3.8) is 0 Å². The van der Waals surface area contributed by atoms with Gasteiger partial charge in [0.25, 0.3) is 5.69 Å². The van der Waals surface area contributed by atoms with Crippen LogP contribution in [0.3, 0.4) is 0 Å². The van der Waals surface area contributed by atoms with E-state index in [9.17, 15) is 10.1 Å². The van der Waals surface area contributed by atoms with E-state index >= 15 is 0 Å². The number of hydrogen-bond acceptors (Lipinski definition) is 7. The highest BCUT2D eigenvalue weighted by molar-refractivity contribution is 6.60. The molecule has 0 unspecified atom stereocenters. The quantitative estimate of drug-likeness (QED) is 0.135. The van der Waals surface area contributed by atoms with E-state index in [0.717, 1.165) is 31.7 Å². The summed E-state index contributed by atoms with van der Waals surface area (Å²) in [7, 11) is 4.04. The standard InChI is InChI=1S/C21H37NO7Si/c1-25-20-14-13-19(21(17-20)22(23)24)18-29-15-11-9-7-5-6-8-10-12-16-30(26-2,27-3)28-4/h13-14,17H,5-12,15-16,18H2,1-4H3. The van der Waals surface area contributed by atoms with Crippen LogP contribution in [0.2, 0.25) is 6.04 Å². The van der Waals surface area contributed by atoms with E-state index in [2.05, 4.69) is 0 Å². The van der Waals surface area contributed by atoms with E-state index in [1.54, 1.807) is 33.5 Å². The minimum Gasteiger partial charge on any atom is -0.497 e. The molecule has 0 fully saturated rings. The van der Waals surface area contributed by atoms with Gasteiger partial charge in [-0.2, -0.15) is 0 Å². The van der Waals surface area contributed by atoms with Crippen molar-refractivity contribution in [1.82, 2.24) is 0 Å². The van der Waals surface area contributed by atoms with Crippen molar-refractivity contribution in [2.24, 2.45) is 0 Å². The molecule has 0 bridgehead atoms. The van der Waals surface area contributed by atoms with E-state index in [-0.39, 0.29) is 12.3 Å². The van der Waals surface area contributed by atoms with E-state index in [4.69, 9.17) is 22.8 Å². The first-order chi connectivity index (χ1) is 14.5. The molecule has 0 aliphatic carbocycles. The molecule has 30 heavy (non-hydrogen) atoms. The molecule has 0 aliphatic heterocycles. The number of ether oxygens (including phenoxy) is 2. The Bertz CT molecular complexity index is 603. The van der Waals surface area contributed by atoms with Crippen molar-refractivity contribution in [3.8, 4) is 5.75 Å². The van der Waals surface area contributed by atoms with Gasteiger partial charge in [0.05, 0.1) is 30.3 Å². The molecule has 1 aromatic rings. The molecule has 0 saturated carbocycles. The average molecular weight is 444 g/mol. The summed E-state index contributed by atoms with van der Waals surface area (Å²) in [6, 6.07) is 5.70. The van der Waals surface area contributed by atoms with Crippen molar-refractivity contribution in [2.45, 2.75) is 64.0 Å². The van der Waals surface area contributed by atoms with Crippen LogP contribution in [0.1, 0.15) is 56.9 Å². The lowest BCUT2D eigenvalue weighted by Crippen LogP contribution is -2.42. The van der Waals surface area contributed by atoms with Gasteiger partial charge in [-0.3, -0.25) is 10.1 Å². The summed E-state index contributed by atoms with van der Waals surface area (Å²) < 4.78 is 27.0. The van der Waals surface area contributed by atoms with Gasteiger partial charge in [-0.15, -0.1) is 0 Å². The zero-order chi connectivity index (χ0) is 22.2. The molecular weight excluding hydrogens is 406 g/mol. The maximum atomic E-state index is 11.2. The zero-order valence-corrected chi connectivity index (χ0v) is 19.8. The summed E-state index contributed by atoms with van der Waals surface area (Å²) in [5, 5.41) is 11.2. The molecule has 0 atom stereocenters. The fraction of sp³-hybridized carbons (Fsp3) is 0.714. The Hall–Kier alpha value is -1.52. The number of unbranched alkanes of at least 4 members (excludes halogenated alkanes) is 7. The minimum absolute atomic E-state index is 0.0377. The summed E-state index contributed by atoms with van der Waals surface area (Å²) in [5.41, 5.74) is 0.610. The van der Waals surface area contributed by atoms with E-state index in [0.29, 0.717) is 17.9 Å². The number of rotatable bonds is 18. The van der Waals surface area contributed by atoms with Crippen LogP contribution in [0, 0.1) is 10.1 Å². The maximum Gasteiger partial charge on any atom is 0.500 e. The topological polar surface area (TPSA) is 89.3 Å². The fourth-order valence-electron chi connectivity index (χ4n) is 3.31. The molecule has 0 saturated heterocycles. The van der Waals surface area contributed by atoms with Crippen molar-refractivity contribution >= 4 is 14.5 Å². The van der Waals surface area contributed by atoms with Gasteiger partial charge < -0.3 is 22.8 Å². The van der Waals surface area contributed by atoms with Crippen molar-refractivity contribution in [3.05, 3.63) is 33.9 Å². The van der Waals surface area contributed by atoms with Crippen LogP contribution in [-0.2, 0) is 24.6 Å². The molecule has 0 amide bonds. The molecule has 9 heteroatoms. The molecule has 1 aromatic carbocycles. The van der Waals surface area contributed by atoms with Crippen molar-refractivity contribution < 1.29 is 27.7 Å². The summed E-state index contributed by atoms with van der Waals surface area (Å²) in [4.78, 5) is 10.8. The largest absolute Gasteiger partial charge is 0.500 e. The predicted octanol–water partition coefficient (Wildman–Crippen LogP) is 5.12. The summed E-state index contributed by atoms with van der Waals surface area (Å²) in [5.74, 6) is 0.475. The van der Waals surface area contributed by atoms with Gasteiger partial charge in [0.2, 0.25) is 0 Å². The Morgan fingerprint density at radius 2 is 1.43 bits per heavy atom. The first kappa shape index (κ1) is 26.5. The predicted molar refractivity (Wildman–Crippen MR) is 118 cm³/mol. The first-order valence-electron chi connectivity index (χ1n) is 10.6. The molecular formula is C21H37NO7Si. The second kappa shape index (κ2) is 15.3. The molecule has 8 nitrogen and oxygen atoms in total. The summed E-state index contributed by atoms with van der Waals surface area (Å²) in [6.07, 6.45) is 9.12. The SMILES string of the molecule is COc1ccc(COCCCCCCCCCC[Si](OC)(OC)OC)c([N+](=O)[O-])c1. The third kappa shape index (κ3) is 9.52. The highest BCUT2D eigenvalue weighted by Crippen LogP contribution is 2.25. The monoisotopic (exact) mass is 443 g/mol. The lowest BCUT2D eigenvalue weighted by atomic mass is 10.1. The van der Waals surface area contributed by atoms with Gasteiger partial charge in [-0.25, -0.2) is 0 Å². The number of nitro benzene ring substituents is 1. The average Bonchev–Trinajstić information content (AvgIpc) is 2.77. The number of methoxy groups -OCH3 is 1. The van der Waals surface area contributed by atoms with Gasteiger partial charge in [-0.05, 0) is 25.0 Å². The first-order valence-corrected chi connectivity index (χ1v) is 12.5. The summed E-state index contributed by atoms with van der Waals surface area (Å²) in [6.45, 7) is 0.858. The fourth-order valence-corrected chi connectivity index (χ4v) is 5.10. The number of nitro groups is 1. The molecule has 1 rings (SSSR count). The van der Waals surface area contributed by atoms with Crippen LogP contribution in [0.25, 0.3) is 0 Å². The van der Waals surface area contributed by atoms with Gasteiger partial charge in [0.1, 0.15) is 5.75 Å². The second-order valence-corrected chi connectivity index (χ2v) is 10.3. The van der Waals surface area contributed by atoms with E-state index in [1.807, 2.05) is 0 Å². The zero-order valence-electron chi connectivity index (χ0n) is 18.8. The molecule has 0 heterocycles. The highest BCUT2D eigenvalue weighted by Gasteiger charge is 2.36. The van der Waals surface area contributed by atoms with Crippen LogP contribution in [-0.4, -0.2) is 48.8 Å². The number of benzene rings is 1. The lowest BCUT2D eigenvalue weighted by molar-refractivity contribution is -0.386. The van der Waals surface area contributed by atoms with Gasteiger partial charge in [-0.1, -0.05) is 38.5 Å². The van der Waals surface area contributed by atoms with Gasteiger partial charge in [0.15, 0.2) is 0 Å². The van der Waals surface area contributed by atoms with Crippen LogP contribution in [0.4, 0.5) is 5.69 Å². The molecule has 172 valence electrons. The molecule has 0 spiro atoms. The Morgan fingerprint density at radius 1 is 0.867 bits per heavy atom. The smallest absolute Gasteiger partial charge is 0.497 e. The van der Waals surface area contributed by atoms with Crippen LogP contribution >= 0.6 is 0 Å². The van der Waals surface area contributed by atoms with E-state index < -0.39 is 13.7 Å². The minimum atomic E-state index is -2.41. The highest BCUT2D eigenvalue weighted by atomic mass is 28.4. The molecule has 0 radical (unpaired) electrons. The third-order valence-corrected chi connectivity index (χ3v) is 8.03. The van der Waals surface area contributed by atoms with E-state index in [1.165, 1.54) is 38.9 Å². The van der Waals surface area contributed by atoms with Crippen molar-refractivity contribution in [2.75, 3.05) is 35.0 Å². The van der Waals surface area contributed by atoms with Gasteiger partial charge in [0, 0.05) is 34.0 Å². The lowest BCUT2D eigenvalue weighted by Gasteiger charge is -2.24. The van der Waals surface area contributed by atoms with Crippen LogP contribution in [0.15, 0.2) is 18.2 Å². The van der Waals surface area contributed by atoms with Crippen molar-refractivity contribution in [1.29, 1.82) is 0 Å². The Labute approximate surface area is 181 Å². The Balaban J connectivity index is 2.06. The third-order valence-electron chi connectivity index (χ3n) is 5.20. The molecule has 0 N–H and O–H groups in total. The Kier molecular flexibility index (Phi) is 13.5. The molecule has 0 aromatic heterocycles. The number of nitrogens with zero attached hydrogens (tertiary/aromatic N) is 1. The second-order valence-electron chi connectivity index (χ2n) is 7.18. The maximum absolute atomic E-state index is 11.2. The normalized spacial score (nSPS) is 11.6. The summed E-state index contributed by atoms with van der Waals surface area (Å²) >= 11 is 0. The van der Waals surface area contributed by atoms with Gasteiger partial charge >= 0.3 is 8.80 Å².